The number of carbonyl (C=O) groups is 1. The van der Waals surface area contributed by atoms with E-state index in [1.807, 2.05) is 30.3 Å². The number of nitrogens with one attached hydrogen (secondary N) is 1. The van der Waals surface area contributed by atoms with Gasteiger partial charge in [-0.2, -0.15) is 0 Å². The minimum absolute atomic E-state index is 0.0443. The smallest absolute Gasteiger partial charge is 0.243 e. The van der Waals surface area contributed by atoms with Crippen molar-refractivity contribution in [1.82, 2.24) is 5.32 Å². The second kappa shape index (κ2) is 9.35. The molecule has 5 rings (SSSR count). The third kappa shape index (κ3) is 4.43. The molecule has 1 amide bonds. The molecular weight excluding hydrogens is 426 g/mol. The summed E-state index contributed by atoms with van der Waals surface area (Å²) in [5, 5.41) is 18.0. The molecule has 1 aliphatic carbocycles. The van der Waals surface area contributed by atoms with Crippen molar-refractivity contribution in [2.75, 3.05) is 4.90 Å². The lowest BCUT2D eigenvalue weighted by Crippen LogP contribution is -2.49. The van der Waals surface area contributed by atoms with Gasteiger partial charge in [-0.3, -0.25) is 4.79 Å². The molecule has 1 fully saturated rings. The maximum atomic E-state index is 13.5. The van der Waals surface area contributed by atoms with Crippen LogP contribution in [0.15, 0.2) is 65.8 Å². The lowest BCUT2D eigenvalue weighted by molar-refractivity contribution is -0.123. The lowest BCUT2D eigenvalue weighted by Gasteiger charge is -2.31. The summed E-state index contributed by atoms with van der Waals surface area (Å²) < 4.78 is 0. The normalized spacial score (nSPS) is 22.6. The first-order chi connectivity index (χ1) is 16.5. The highest BCUT2D eigenvalue weighted by Gasteiger charge is 2.36. The number of fused-ring (bicyclic) bond motifs is 2. The van der Waals surface area contributed by atoms with Crippen molar-refractivity contribution < 1.29 is 10.0 Å². The number of carbonyl (C=O) groups excluding carboxylic acids is 1. The zero-order valence-corrected chi connectivity index (χ0v) is 19.2. The topological polar surface area (TPSA) is 117 Å². The molecule has 1 saturated carbocycles. The number of amidine groups is 1. The van der Waals surface area contributed by atoms with Gasteiger partial charge in [-0.25, -0.2) is 0 Å². The minimum Gasteiger partial charge on any atom is -0.409 e. The van der Waals surface area contributed by atoms with E-state index < -0.39 is 0 Å². The fraction of sp³-hybridized carbons (Fsp3) is 0.333. The first-order valence-electron chi connectivity index (χ1n) is 11.9. The van der Waals surface area contributed by atoms with Crippen molar-refractivity contribution in [2.24, 2.45) is 16.6 Å². The van der Waals surface area contributed by atoms with Gasteiger partial charge in [0.1, 0.15) is 6.04 Å². The predicted molar refractivity (Wildman–Crippen MR) is 135 cm³/mol. The van der Waals surface area contributed by atoms with E-state index in [4.69, 9.17) is 16.7 Å². The van der Waals surface area contributed by atoms with Gasteiger partial charge in [0.2, 0.25) is 5.91 Å². The third-order valence-electron chi connectivity index (χ3n) is 7.18. The maximum Gasteiger partial charge on any atom is 0.243 e. The molecule has 0 spiro atoms. The highest BCUT2D eigenvalue weighted by Crippen LogP contribution is 2.35. The summed E-state index contributed by atoms with van der Waals surface area (Å²) in [7, 11) is 0. The van der Waals surface area contributed by atoms with Crippen LogP contribution in [0.1, 0.15) is 42.4 Å². The summed E-state index contributed by atoms with van der Waals surface area (Å²) in [6, 6.07) is 20.5. The van der Waals surface area contributed by atoms with Gasteiger partial charge in [0.15, 0.2) is 5.84 Å². The number of anilines is 1. The zero-order valence-electron chi connectivity index (χ0n) is 19.2. The van der Waals surface area contributed by atoms with Crippen LogP contribution in [-0.2, 0) is 17.8 Å². The van der Waals surface area contributed by atoms with E-state index in [1.54, 1.807) is 0 Å². The Morgan fingerprint density at radius 1 is 1.03 bits per heavy atom. The Balaban J connectivity index is 1.45. The molecule has 1 heterocycles. The molecule has 2 aliphatic rings. The van der Waals surface area contributed by atoms with E-state index in [2.05, 4.69) is 45.7 Å². The Labute approximate surface area is 199 Å². The molecule has 1 aliphatic heterocycles. The number of nitrogens with zero attached hydrogens (tertiary/aromatic N) is 2. The lowest BCUT2D eigenvalue weighted by atomic mass is 9.91. The summed E-state index contributed by atoms with van der Waals surface area (Å²) in [5.41, 5.74) is 15.7. The van der Waals surface area contributed by atoms with E-state index in [0.29, 0.717) is 18.5 Å². The third-order valence-corrected chi connectivity index (χ3v) is 7.18. The quantitative estimate of drug-likeness (QED) is 0.203. The SMILES string of the molecule is N/C(=N\O)c1ccc2c(c1)N(Cc1ccc3ccccc3c1)C(C(=O)NC1CCC(N)CC1)C2. The van der Waals surface area contributed by atoms with Crippen molar-refractivity contribution in [2.45, 2.75) is 56.8 Å². The Hall–Kier alpha value is -3.58. The fourth-order valence-electron chi connectivity index (χ4n) is 5.23. The molecular formula is C27H31N5O2. The van der Waals surface area contributed by atoms with E-state index in [9.17, 15) is 4.79 Å². The maximum absolute atomic E-state index is 13.5. The zero-order chi connectivity index (χ0) is 23.7. The van der Waals surface area contributed by atoms with Crippen LogP contribution in [0, 0.1) is 0 Å². The number of rotatable bonds is 5. The molecule has 0 bridgehead atoms. The van der Waals surface area contributed by atoms with E-state index in [1.165, 1.54) is 10.8 Å². The molecule has 0 aromatic heterocycles. The van der Waals surface area contributed by atoms with Crippen molar-refractivity contribution in [1.29, 1.82) is 0 Å². The minimum atomic E-state index is -0.320. The van der Waals surface area contributed by atoms with Crippen molar-refractivity contribution >= 4 is 28.2 Å². The number of oxime groups is 1. The second-order valence-electron chi connectivity index (χ2n) is 9.48. The van der Waals surface area contributed by atoms with Crippen molar-refractivity contribution in [3.05, 3.63) is 77.4 Å². The van der Waals surface area contributed by atoms with Crippen LogP contribution in [0.2, 0.25) is 0 Å². The molecule has 0 radical (unpaired) electrons. The first kappa shape index (κ1) is 22.2. The molecule has 0 saturated heterocycles. The van der Waals surface area contributed by atoms with Crippen LogP contribution >= 0.6 is 0 Å². The number of nitrogens with two attached hydrogens (primary N) is 2. The summed E-state index contributed by atoms with van der Waals surface area (Å²) in [5.74, 6) is 0.0997. The average molecular weight is 458 g/mol. The Bertz CT molecular complexity index is 1230. The standard InChI is InChI=1S/C27H31N5O2/c28-22-9-11-23(12-10-22)30-27(33)25-14-20-7-8-21(26(29)31-34)15-24(20)32(25)16-17-5-6-18-3-1-2-4-19(18)13-17/h1-8,13,15,22-23,25,34H,9-12,14,16,28H2,(H2,29,31)(H,30,33). The number of hydrogen-bond donors (Lipinski definition) is 4. The largest absolute Gasteiger partial charge is 0.409 e. The van der Waals surface area contributed by atoms with Crippen LogP contribution in [0.25, 0.3) is 10.8 Å². The Morgan fingerprint density at radius 3 is 2.56 bits per heavy atom. The van der Waals surface area contributed by atoms with Crippen molar-refractivity contribution in [3.63, 3.8) is 0 Å². The summed E-state index contributed by atoms with van der Waals surface area (Å²) in [6.45, 7) is 0.588. The number of amides is 1. The molecule has 1 unspecified atom stereocenters. The molecule has 6 N–H and O–H groups in total. The molecule has 1 atom stereocenters. The summed E-state index contributed by atoms with van der Waals surface area (Å²) in [4.78, 5) is 15.6. The highest BCUT2D eigenvalue weighted by molar-refractivity contribution is 5.99. The molecule has 3 aromatic carbocycles. The van der Waals surface area contributed by atoms with Gasteiger partial charge < -0.3 is 26.9 Å². The Kier molecular flexibility index (Phi) is 6.11. The second-order valence-corrected chi connectivity index (χ2v) is 9.48. The fourth-order valence-corrected chi connectivity index (χ4v) is 5.23. The van der Waals surface area contributed by atoms with Gasteiger partial charge in [0, 0.05) is 36.3 Å². The van der Waals surface area contributed by atoms with Crippen LogP contribution in [0.3, 0.4) is 0 Å². The summed E-state index contributed by atoms with van der Waals surface area (Å²) in [6.07, 6.45) is 4.35. The summed E-state index contributed by atoms with van der Waals surface area (Å²) >= 11 is 0. The molecule has 34 heavy (non-hydrogen) atoms. The molecule has 7 nitrogen and oxygen atoms in total. The Morgan fingerprint density at radius 2 is 1.79 bits per heavy atom. The number of benzene rings is 3. The van der Waals surface area contributed by atoms with E-state index >= 15 is 0 Å². The molecule has 176 valence electrons. The van der Waals surface area contributed by atoms with Gasteiger partial charge in [0.05, 0.1) is 0 Å². The van der Waals surface area contributed by atoms with Crippen LogP contribution in [0.4, 0.5) is 5.69 Å². The van der Waals surface area contributed by atoms with Crippen LogP contribution in [0.5, 0.6) is 0 Å². The van der Waals surface area contributed by atoms with E-state index in [0.717, 1.165) is 42.5 Å². The average Bonchev–Trinajstić information content (AvgIpc) is 3.22. The van der Waals surface area contributed by atoms with E-state index in [-0.39, 0.29) is 29.9 Å². The van der Waals surface area contributed by atoms with Crippen LogP contribution < -0.4 is 21.7 Å². The van der Waals surface area contributed by atoms with Crippen LogP contribution in [-0.4, -0.2) is 35.1 Å². The monoisotopic (exact) mass is 457 g/mol. The molecule has 3 aromatic rings. The van der Waals surface area contributed by atoms with Crippen molar-refractivity contribution in [3.8, 4) is 0 Å². The predicted octanol–water partition coefficient (Wildman–Crippen LogP) is 3.25. The van der Waals surface area contributed by atoms with Gasteiger partial charge in [-0.15, -0.1) is 0 Å². The first-order valence-corrected chi connectivity index (χ1v) is 11.9. The number of hydrogen-bond acceptors (Lipinski definition) is 5. The van der Waals surface area contributed by atoms with Gasteiger partial charge in [0.25, 0.3) is 0 Å². The van der Waals surface area contributed by atoms with Gasteiger partial charge in [-0.1, -0.05) is 53.7 Å². The van der Waals surface area contributed by atoms with Gasteiger partial charge >= 0.3 is 0 Å². The molecule has 7 heteroatoms. The highest BCUT2D eigenvalue weighted by atomic mass is 16.4. The van der Waals surface area contributed by atoms with Gasteiger partial charge in [-0.05, 0) is 59.7 Å².